The van der Waals surface area contributed by atoms with E-state index < -0.39 is 35.8 Å². The number of fused-ring (bicyclic) bond motifs is 6. The van der Waals surface area contributed by atoms with Gasteiger partial charge < -0.3 is 56.8 Å². The number of nitrogens with zero attached hydrogens (tertiary/aromatic N) is 6. The van der Waals surface area contributed by atoms with Crippen LogP contribution in [0.5, 0.6) is 69.0 Å². The fourth-order valence-corrected chi connectivity index (χ4v) is 11.6. The van der Waals surface area contributed by atoms with Crippen LogP contribution in [0.25, 0.3) is 32.3 Å². The Bertz CT molecular complexity index is 4350. The lowest BCUT2D eigenvalue weighted by Crippen LogP contribution is -2.13. The molecule has 0 amide bonds. The lowest BCUT2D eigenvalue weighted by molar-refractivity contribution is -0.135. The number of benzene rings is 10. The molecule has 0 atom stereocenters. The van der Waals surface area contributed by atoms with Gasteiger partial charge in [0.2, 0.25) is 0 Å². The summed E-state index contributed by atoms with van der Waals surface area (Å²) in [6, 6.07) is 51.1. The number of esters is 6. The number of rotatable bonds is 48. The molecule has 0 aliphatic rings. The molecule has 0 fully saturated rings. The number of hydrogen-bond acceptors (Lipinski definition) is 24. The van der Waals surface area contributed by atoms with E-state index in [4.69, 9.17) is 56.8 Å². The van der Waals surface area contributed by atoms with E-state index in [0.29, 0.717) is 108 Å². The van der Waals surface area contributed by atoms with Gasteiger partial charge in [0.1, 0.15) is 34.5 Å². The molecule has 0 aromatic heterocycles. The van der Waals surface area contributed by atoms with Crippen molar-refractivity contribution in [2.45, 2.75) is 157 Å². The minimum absolute atomic E-state index is 0.249. The average molecular weight is 1630 g/mol. The van der Waals surface area contributed by atoms with Crippen molar-refractivity contribution in [1.82, 2.24) is 0 Å². The first kappa shape index (κ1) is 89.0. The van der Waals surface area contributed by atoms with Gasteiger partial charge in [-0.25, -0.2) is 0 Å². The zero-order valence-electron chi connectivity index (χ0n) is 68.8. The van der Waals surface area contributed by atoms with E-state index in [0.717, 1.165) is 77.0 Å². The Hall–Kier alpha value is -13.4. The van der Waals surface area contributed by atoms with Crippen LogP contribution < -0.4 is 56.8 Å². The van der Waals surface area contributed by atoms with Crippen molar-refractivity contribution < 1.29 is 85.6 Å². The molecule has 0 bridgehead atoms. The molecule has 0 aliphatic heterocycles. The maximum Gasteiger partial charge on any atom is 0.316 e. The van der Waals surface area contributed by atoms with E-state index in [9.17, 15) is 28.8 Å². The highest BCUT2D eigenvalue weighted by molar-refractivity contribution is 6.27. The highest BCUT2D eigenvalue weighted by atomic mass is 16.6. The summed E-state index contributed by atoms with van der Waals surface area (Å²) >= 11 is 0. The molecule has 0 heterocycles. The smallest absolute Gasteiger partial charge is 0.316 e. The number of aliphatic imine (C=N–C) groups is 6. The van der Waals surface area contributed by atoms with Crippen molar-refractivity contribution in [3.63, 3.8) is 0 Å². The Morgan fingerprint density at radius 1 is 0.217 bits per heavy atom. The van der Waals surface area contributed by atoms with E-state index in [-0.39, 0.29) is 105 Å². The molecule has 120 heavy (non-hydrogen) atoms. The average Bonchev–Trinajstić information content (AvgIpc) is 0.723. The van der Waals surface area contributed by atoms with E-state index >= 15 is 0 Å². The van der Waals surface area contributed by atoms with E-state index in [1.165, 1.54) is 73.7 Å². The number of carbonyl (C=O) groups is 6. The van der Waals surface area contributed by atoms with Crippen LogP contribution >= 0.6 is 0 Å². The number of ether oxygens (including phenoxy) is 12. The summed E-state index contributed by atoms with van der Waals surface area (Å²) in [5.41, 5.74) is 3.18. The summed E-state index contributed by atoms with van der Waals surface area (Å²) in [5.74, 6) is -2.48. The molecule has 10 rings (SSSR count). The first-order valence-corrected chi connectivity index (χ1v) is 41.0. The fraction of sp³-hybridized carbons (Fsp3) is 0.312. The lowest BCUT2D eigenvalue weighted by atomic mass is 9.93. The molecule has 0 spiro atoms. The molecular formula is C96H102N6O18. The van der Waals surface area contributed by atoms with Gasteiger partial charge in [-0.3, -0.25) is 58.7 Å². The monoisotopic (exact) mass is 1630 g/mol. The normalized spacial score (nSPS) is 11.6. The lowest BCUT2D eigenvalue weighted by Gasteiger charge is -2.19. The van der Waals surface area contributed by atoms with Gasteiger partial charge in [-0.1, -0.05) is 80.1 Å². The molecule has 10 aromatic carbocycles. The van der Waals surface area contributed by atoms with E-state index in [2.05, 4.69) is 71.5 Å². The summed E-state index contributed by atoms with van der Waals surface area (Å²) in [4.78, 5) is 113. The van der Waals surface area contributed by atoms with Crippen LogP contribution in [0.15, 0.2) is 212 Å². The van der Waals surface area contributed by atoms with Crippen molar-refractivity contribution in [1.29, 1.82) is 0 Å². The number of hydrogen-bond donors (Lipinski definition) is 0. The third-order valence-corrected chi connectivity index (χ3v) is 18.1. The Balaban J connectivity index is 1.11. The molecule has 24 heteroatoms. The van der Waals surface area contributed by atoms with Crippen LogP contribution in [0.3, 0.4) is 0 Å². The van der Waals surface area contributed by atoms with Gasteiger partial charge in [-0.2, -0.15) is 0 Å². The van der Waals surface area contributed by atoms with E-state index in [1.54, 1.807) is 146 Å². The molecule has 0 unspecified atom stereocenters. The molecule has 0 aliphatic carbocycles. The van der Waals surface area contributed by atoms with Gasteiger partial charge in [0, 0.05) is 37.3 Å². The maximum atomic E-state index is 14.4. The second-order valence-electron chi connectivity index (χ2n) is 27.6. The summed E-state index contributed by atoms with van der Waals surface area (Å²) in [6.07, 6.45) is 17.2. The SMILES string of the molecule is CCCCOc1ccc(N=CCC(=O)Oc2cc3c4cc(OC(=O)CC=Nc5ccc(OCCCC)cc5)c(OC(=O)CC=Nc5ccc(OCCCC)cc5)cc4c4cc(OC(=O)CC=Nc5ccc(OCCCC)cc5)c(OC(=O)CC=Nc5ccc(OCCCC)cc5)cc4c3cc2OC(=O)CC=Nc2ccc(OCCCC)cc2)cc1. The molecule has 0 saturated carbocycles. The Morgan fingerprint density at radius 2 is 0.350 bits per heavy atom. The zero-order chi connectivity index (χ0) is 84.5. The van der Waals surface area contributed by atoms with Crippen molar-refractivity contribution in [3.8, 4) is 69.0 Å². The van der Waals surface area contributed by atoms with Crippen molar-refractivity contribution in [2.75, 3.05) is 39.6 Å². The second-order valence-corrected chi connectivity index (χ2v) is 27.6. The summed E-state index contributed by atoms with van der Waals surface area (Å²) in [6.45, 7) is 15.8. The topological polar surface area (TPSA) is 287 Å². The zero-order valence-corrected chi connectivity index (χ0v) is 68.8. The third-order valence-electron chi connectivity index (χ3n) is 18.1. The van der Waals surface area contributed by atoms with Crippen LogP contribution in [0.4, 0.5) is 34.1 Å². The minimum atomic E-state index is -0.824. The Morgan fingerprint density at radius 3 is 0.475 bits per heavy atom. The maximum absolute atomic E-state index is 14.4. The Kier molecular flexibility index (Phi) is 35.9. The number of carbonyl (C=O) groups excluding carboxylic acids is 6. The van der Waals surface area contributed by atoms with Gasteiger partial charge >= 0.3 is 35.8 Å². The van der Waals surface area contributed by atoms with Crippen LogP contribution in [0.1, 0.15) is 157 Å². The van der Waals surface area contributed by atoms with Gasteiger partial charge in [-0.15, -0.1) is 0 Å². The van der Waals surface area contributed by atoms with Crippen LogP contribution in [0, 0.1) is 0 Å². The van der Waals surface area contributed by atoms with E-state index in [1.807, 2.05) is 0 Å². The molecule has 0 saturated heterocycles. The van der Waals surface area contributed by atoms with Crippen molar-refractivity contribution in [3.05, 3.63) is 182 Å². The first-order valence-electron chi connectivity index (χ1n) is 41.0. The first-order chi connectivity index (χ1) is 58.7. The van der Waals surface area contributed by atoms with Crippen molar-refractivity contribution in [2.24, 2.45) is 30.0 Å². The highest BCUT2D eigenvalue weighted by Crippen LogP contribution is 2.48. The summed E-state index contributed by atoms with van der Waals surface area (Å²) < 4.78 is 72.3. The van der Waals surface area contributed by atoms with Crippen LogP contribution in [0.2, 0.25) is 0 Å². The molecule has 10 aromatic rings. The largest absolute Gasteiger partial charge is 0.494 e. The van der Waals surface area contributed by atoms with Crippen molar-refractivity contribution >= 4 is 140 Å². The van der Waals surface area contributed by atoms with Gasteiger partial charge in [0.25, 0.3) is 0 Å². The second kappa shape index (κ2) is 48.4. The Labute approximate surface area is 699 Å². The van der Waals surface area contributed by atoms with Crippen LogP contribution in [-0.2, 0) is 28.8 Å². The van der Waals surface area contributed by atoms with Gasteiger partial charge in [-0.05, 0) is 253 Å². The van der Waals surface area contributed by atoms with Gasteiger partial charge in [0.05, 0.1) is 112 Å². The summed E-state index contributed by atoms with van der Waals surface area (Å²) in [7, 11) is 0. The van der Waals surface area contributed by atoms with Gasteiger partial charge in [0.15, 0.2) is 34.5 Å². The fourth-order valence-electron chi connectivity index (χ4n) is 11.6. The quantitative estimate of drug-likeness (QED) is 0.0113. The predicted molar refractivity (Wildman–Crippen MR) is 470 cm³/mol. The predicted octanol–water partition coefficient (Wildman–Crippen LogP) is 22.4. The van der Waals surface area contributed by atoms with Crippen LogP contribution in [-0.4, -0.2) is 113 Å². The molecular weight excluding hydrogens is 1530 g/mol. The molecule has 24 nitrogen and oxygen atoms in total. The minimum Gasteiger partial charge on any atom is -0.494 e. The number of unbranched alkanes of at least 4 members (excludes halogenated alkanes) is 6. The molecule has 0 N–H and O–H groups in total. The third kappa shape index (κ3) is 29.1. The molecule has 0 radical (unpaired) electrons. The highest BCUT2D eigenvalue weighted by Gasteiger charge is 2.26. The standard InChI is InChI=1S/C96H102N6O18/c1-7-13-55-109-73-31-19-67(20-32-73)97-49-43-91(103)115-85-61-79-80(62-86(85)116-92(104)44-50-98-68-21-33-74(34-22-68)110-56-14-8-2)82-64-88(118-94(106)46-52-100-70-25-37-76(38-26-70)112-58-16-10-4)90(120-96(108)48-54-102-72-29-41-78(42-30-72)114-60-18-12-6)66-84(82)83-65-89(119-95(107)47-53-101-71-27-39-77(40-28-71)113-59-17-11-5)87(63-81(79)83)117-93(105)45-51-99-69-23-35-75(36-24-69)111-57-15-9-3/h19-42,49-54,61-66H,7-18,43-48,55-60H2,1-6H3. The molecule has 624 valence electrons. The summed E-state index contributed by atoms with van der Waals surface area (Å²) in [5, 5.41) is 1.50.